The molecule has 0 bridgehead atoms. The van der Waals surface area contributed by atoms with E-state index in [0.717, 1.165) is 5.69 Å². The van der Waals surface area contributed by atoms with Crippen LogP contribution >= 0.6 is 0 Å². The van der Waals surface area contributed by atoms with Crippen LogP contribution in [0.1, 0.15) is 36.5 Å². The summed E-state index contributed by atoms with van der Waals surface area (Å²) in [6, 6.07) is -0.666. The van der Waals surface area contributed by atoms with Crippen molar-refractivity contribution in [2.24, 2.45) is 5.92 Å². The van der Waals surface area contributed by atoms with Crippen LogP contribution in [0.5, 0.6) is 0 Å². The number of ether oxygens (including phenoxy) is 1. The maximum absolute atomic E-state index is 11.9. The van der Waals surface area contributed by atoms with Gasteiger partial charge in [0, 0.05) is 6.20 Å². The zero-order valence-electron chi connectivity index (χ0n) is 11.6. The smallest absolute Gasteiger partial charge is 0.328 e. The zero-order valence-corrected chi connectivity index (χ0v) is 11.6. The number of carbonyl (C=O) groups excluding carboxylic acids is 2. The summed E-state index contributed by atoms with van der Waals surface area (Å²) in [7, 11) is 1.30. The van der Waals surface area contributed by atoms with Crippen LogP contribution in [0.2, 0.25) is 0 Å². The molecule has 0 saturated heterocycles. The van der Waals surface area contributed by atoms with Crippen LogP contribution < -0.4 is 5.32 Å². The van der Waals surface area contributed by atoms with Crippen LogP contribution in [0.3, 0.4) is 0 Å². The van der Waals surface area contributed by atoms with Gasteiger partial charge in [0.1, 0.15) is 11.7 Å². The predicted octanol–water partition coefficient (Wildman–Crippen LogP) is 1.10. The van der Waals surface area contributed by atoms with Crippen molar-refractivity contribution >= 4 is 11.9 Å². The lowest BCUT2D eigenvalue weighted by Gasteiger charge is -2.17. The molecule has 0 spiro atoms. The van der Waals surface area contributed by atoms with Crippen molar-refractivity contribution < 1.29 is 14.3 Å². The monoisotopic (exact) mass is 265 g/mol. The van der Waals surface area contributed by atoms with E-state index in [1.807, 2.05) is 13.8 Å². The van der Waals surface area contributed by atoms with Gasteiger partial charge in [0.15, 0.2) is 0 Å². The molecule has 0 fully saturated rings. The molecule has 104 valence electrons. The second-order valence-corrected chi connectivity index (χ2v) is 4.72. The molecule has 1 aromatic heterocycles. The number of nitrogens with one attached hydrogen (secondary N) is 1. The Bertz CT molecular complexity index is 443. The van der Waals surface area contributed by atoms with Crippen molar-refractivity contribution in [3.63, 3.8) is 0 Å². The van der Waals surface area contributed by atoms with E-state index in [-0.39, 0.29) is 11.6 Å². The van der Waals surface area contributed by atoms with E-state index < -0.39 is 17.9 Å². The van der Waals surface area contributed by atoms with Gasteiger partial charge in [0.25, 0.3) is 5.91 Å². The molecule has 1 atom stereocenters. The van der Waals surface area contributed by atoms with Gasteiger partial charge < -0.3 is 10.1 Å². The first kappa shape index (κ1) is 15.1. The summed E-state index contributed by atoms with van der Waals surface area (Å²) in [6.45, 7) is 5.71. The maximum atomic E-state index is 11.9. The molecule has 1 unspecified atom stereocenters. The molecule has 6 nitrogen and oxygen atoms in total. The molecule has 1 amide bonds. The number of aryl methyl sites for hydroxylation is 1. The fraction of sp³-hybridized carbons (Fsp3) is 0.538. The Kier molecular flexibility index (Phi) is 5.41. The van der Waals surface area contributed by atoms with Crippen molar-refractivity contribution in [2.75, 3.05) is 7.11 Å². The summed E-state index contributed by atoms with van der Waals surface area (Å²) < 4.78 is 4.68. The summed E-state index contributed by atoms with van der Waals surface area (Å²) in [5.74, 6) is -0.626. The molecule has 0 aromatic carbocycles. The highest BCUT2D eigenvalue weighted by molar-refractivity contribution is 5.94. The topological polar surface area (TPSA) is 81.2 Å². The first-order chi connectivity index (χ1) is 8.93. The van der Waals surface area contributed by atoms with Crippen molar-refractivity contribution in [3.05, 3.63) is 23.8 Å². The van der Waals surface area contributed by atoms with Gasteiger partial charge in [-0.15, -0.1) is 0 Å². The van der Waals surface area contributed by atoms with E-state index in [4.69, 9.17) is 0 Å². The first-order valence-electron chi connectivity index (χ1n) is 6.11. The molecule has 19 heavy (non-hydrogen) atoms. The third-order valence-electron chi connectivity index (χ3n) is 2.51. The van der Waals surface area contributed by atoms with Gasteiger partial charge in [0.05, 0.1) is 19.0 Å². The van der Waals surface area contributed by atoms with Gasteiger partial charge in [-0.3, -0.25) is 9.78 Å². The predicted molar refractivity (Wildman–Crippen MR) is 69.5 cm³/mol. The summed E-state index contributed by atoms with van der Waals surface area (Å²) >= 11 is 0. The Morgan fingerprint density at radius 3 is 2.47 bits per heavy atom. The normalized spacial score (nSPS) is 12.1. The highest BCUT2D eigenvalue weighted by atomic mass is 16.5. The number of carbonyl (C=O) groups is 2. The summed E-state index contributed by atoms with van der Waals surface area (Å²) in [5, 5.41) is 2.62. The molecule has 1 rings (SSSR count). The Morgan fingerprint density at radius 1 is 1.32 bits per heavy atom. The molecular weight excluding hydrogens is 246 g/mol. The van der Waals surface area contributed by atoms with E-state index in [0.29, 0.717) is 6.42 Å². The van der Waals surface area contributed by atoms with Gasteiger partial charge in [-0.25, -0.2) is 9.78 Å². The van der Waals surface area contributed by atoms with E-state index in [9.17, 15) is 9.59 Å². The summed E-state index contributed by atoms with van der Waals surface area (Å²) in [6.07, 6.45) is 3.40. The standard InChI is InChI=1S/C13H19N3O3/c1-8(2)5-10(13(18)19-4)16-12(17)11-7-14-9(3)6-15-11/h6-8,10H,5H2,1-4H3,(H,16,17). The van der Waals surface area contributed by atoms with Crippen molar-refractivity contribution in [1.29, 1.82) is 0 Å². The first-order valence-corrected chi connectivity index (χ1v) is 6.11. The van der Waals surface area contributed by atoms with Crippen LogP contribution in [-0.4, -0.2) is 35.0 Å². The number of amides is 1. The Hall–Kier alpha value is -1.98. The molecule has 0 radical (unpaired) electrons. The van der Waals surface area contributed by atoms with E-state index in [2.05, 4.69) is 20.0 Å². The van der Waals surface area contributed by atoms with Crippen LogP contribution in [-0.2, 0) is 9.53 Å². The molecule has 1 aromatic rings. The second kappa shape index (κ2) is 6.82. The highest BCUT2D eigenvalue weighted by Crippen LogP contribution is 2.07. The zero-order chi connectivity index (χ0) is 14.4. The number of esters is 1. The van der Waals surface area contributed by atoms with Crippen LogP contribution in [0.4, 0.5) is 0 Å². The van der Waals surface area contributed by atoms with Crippen molar-refractivity contribution in [2.45, 2.75) is 33.2 Å². The fourth-order valence-corrected chi connectivity index (χ4v) is 1.57. The Labute approximate surface area is 112 Å². The average Bonchev–Trinajstić information content (AvgIpc) is 2.37. The van der Waals surface area contributed by atoms with Crippen LogP contribution in [0.15, 0.2) is 12.4 Å². The third-order valence-corrected chi connectivity index (χ3v) is 2.51. The van der Waals surface area contributed by atoms with E-state index in [1.54, 1.807) is 6.92 Å². The average molecular weight is 265 g/mol. The molecule has 0 saturated carbocycles. The lowest BCUT2D eigenvalue weighted by Crippen LogP contribution is -2.42. The fourth-order valence-electron chi connectivity index (χ4n) is 1.57. The van der Waals surface area contributed by atoms with E-state index in [1.165, 1.54) is 19.5 Å². The molecule has 1 heterocycles. The molecule has 0 aliphatic heterocycles. The van der Waals surface area contributed by atoms with Gasteiger partial charge in [-0.2, -0.15) is 0 Å². The minimum Gasteiger partial charge on any atom is -0.467 e. The Balaban J connectivity index is 2.75. The van der Waals surface area contributed by atoms with Gasteiger partial charge in [0.2, 0.25) is 0 Å². The minimum atomic E-state index is -0.666. The molecule has 1 N–H and O–H groups in total. The van der Waals surface area contributed by atoms with Crippen LogP contribution in [0.25, 0.3) is 0 Å². The van der Waals surface area contributed by atoms with Crippen molar-refractivity contribution in [3.8, 4) is 0 Å². The number of nitrogens with zero attached hydrogens (tertiary/aromatic N) is 2. The summed E-state index contributed by atoms with van der Waals surface area (Å²) in [4.78, 5) is 31.5. The number of hydrogen-bond donors (Lipinski definition) is 1. The molecule has 0 aliphatic carbocycles. The van der Waals surface area contributed by atoms with E-state index >= 15 is 0 Å². The molecule has 6 heteroatoms. The number of aromatic nitrogens is 2. The molecular formula is C13H19N3O3. The highest BCUT2D eigenvalue weighted by Gasteiger charge is 2.23. The quantitative estimate of drug-likeness (QED) is 0.806. The van der Waals surface area contributed by atoms with Gasteiger partial charge >= 0.3 is 5.97 Å². The van der Waals surface area contributed by atoms with Crippen LogP contribution in [0, 0.1) is 12.8 Å². The summed E-state index contributed by atoms with van der Waals surface area (Å²) in [5.41, 5.74) is 0.909. The number of methoxy groups -OCH3 is 1. The van der Waals surface area contributed by atoms with Gasteiger partial charge in [-0.1, -0.05) is 13.8 Å². The Morgan fingerprint density at radius 2 is 2.00 bits per heavy atom. The second-order valence-electron chi connectivity index (χ2n) is 4.72. The lowest BCUT2D eigenvalue weighted by atomic mass is 10.0. The third kappa shape index (κ3) is 4.65. The SMILES string of the molecule is COC(=O)C(CC(C)C)NC(=O)c1cnc(C)cn1. The van der Waals surface area contributed by atoms with Crippen molar-refractivity contribution in [1.82, 2.24) is 15.3 Å². The molecule has 0 aliphatic rings. The lowest BCUT2D eigenvalue weighted by molar-refractivity contribution is -0.143. The largest absolute Gasteiger partial charge is 0.467 e. The number of rotatable bonds is 5. The maximum Gasteiger partial charge on any atom is 0.328 e. The number of hydrogen-bond acceptors (Lipinski definition) is 5. The minimum absolute atomic E-state index is 0.184. The van der Waals surface area contributed by atoms with Gasteiger partial charge in [-0.05, 0) is 19.3 Å².